The lowest BCUT2D eigenvalue weighted by molar-refractivity contribution is -0.118. The Kier molecular flexibility index (Phi) is 2.26. The van der Waals surface area contributed by atoms with E-state index >= 15 is 0 Å². The Labute approximate surface area is 47.4 Å². The summed E-state index contributed by atoms with van der Waals surface area (Å²) in [5.74, 6) is 0. The smallest absolute Gasteiger partial charge is 0.193 e. The van der Waals surface area contributed by atoms with Gasteiger partial charge in [-0.2, -0.15) is 0 Å². The summed E-state index contributed by atoms with van der Waals surface area (Å²) >= 11 is 5.31. The maximum absolute atomic E-state index is 9.80. The van der Waals surface area contributed by atoms with Gasteiger partial charge < -0.3 is 4.74 Å². The van der Waals surface area contributed by atoms with Crippen LogP contribution < -0.4 is 0 Å². The molecule has 7 heavy (non-hydrogen) atoms. The minimum absolute atomic E-state index is 0.536. The minimum atomic E-state index is -1.12. The Morgan fingerprint density at radius 1 is 1.86 bits per heavy atom. The molecular weight excluding hydrogens is 115 g/mol. The van der Waals surface area contributed by atoms with Crippen molar-refractivity contribution in [3.63, 3.8) is 0 Å². The quantitative estimate of drug-likeness (QED) is 0.400. The van der Waals surface area contributed by atoms with Crippen LogP contribution in [0.15, 0.2) is 0 Å². The van der Waals surface area contributed by atoms with E-state index in [-0.39, 0.29) is 0 Å². The molecule has 1 atom stereocenters. The van der Waals surface area contributed by atoms with Crippen LogP contribution in [0.2, 0.25) is 0 Å². The van der Waals surface area contributed by atoms with E-state index in [0.29, 0.717) is 6.29 Å². The SMILES string of the molecule is COC(C)(Cl)C=O. The normalized spacial score (nSPS) is 18.1. The number of rotatable bonds is 2. The maximum atomic E-state index is 9.80. The second kappa shape index (κ2) is 2.28. The number of carbonyl (C=O) groups is 1. The molecule has 0 saturated carbocycles. The van der Waals surface area contributed by atoms with Crippen molar-refractivity contribution >= 4 is 17.9 Å². The number of alkyl halides is 1. The Hall–Kier alpha value is -0.0800. The zero-order valence-corrected chi connectivity index (χ0v) is 5.03. The zero-order valence-electron chi connectivity index (χ0n) is 4.27. The minimum Gasteiger partial charge on any atom is -0.356 e. The van der Waals surface area contributed by atoms with Crippen molar-refractivity contribution in [1.82, 2.24) is 0 Å². The number of aldehydes is 1. The first-order chi connectivity index (χ1) is 3.12. The highest BCUT2D eigenvalue weighted by Gasteiger charge is 2.16. The molecule has 0 aliphatic rings. The lowest BCUT2D eigenvalue weighted by Crippen LogP contribution is -2.19. The summed E-state index contributed by atoms with van der Waals surface area (Å²) in [6.45, 7) is 1.47. The maximum Gasteiger partial charge on any atom is 0.193 e. The van der Waals surface area contributed by atoms with E-state index in [1.807, 2.05) is 0 Å². The van der Waals surface area contributed by atoms with Gasteiger partial charge in [0.1, 0.15) is 0 Å². The lowest BCUT2D eigenvalue weighted by atomic mass is 10.4. The first-order valence-corrected chi connectivity index (χ1v) is 2.20. The van der Waals surface area contributed by atoms with E-state index in [9.17, 15) is 4.79 Å². The molecule has 0 aliphatic heterocycles. The van der Waals surface area contributed by atoms with Crippen molar-refractivity contribution in [2.45, 2.75) is 12.0 Å². The predicted molar refractivity (Wildman–Crippen MR) is 27.3 cm³/mol. The van der Waals surface area contributed by atoms with Crippen molar-refractivity contribution in [3.8, 4) is 0 Å². The number of hydrogen-bond acceptors (Lipinski definition) is 2. The number of hydrogen-bond donors (Lipinski definition) is 0. The molecule has 0 N–H and O–H groups in total. The summed E-state index contributed by atoms with van der Waals surface area (Å²) < 4.78 is 4.48. The van der Waals surface area contributed by atoms with Gasteiger partial charge in [0.2, 0.25) is 0 Å². The van der Waals surface area contributed by atoms with Gasteiger partial charge >= 0.3 is 0 Å². The van der Waals surface area contributed by atoms with Crippen molar-refractivity contribution < 1.29 is 9.53 Å². The van der Waals surface area contributed by atoms with Crippen LogP contribution in [-0.2, 0) is 9.53 Å². The molecule has 1 unspecified atom stereocenters. The highest BCUT2D eigenvalue weighted by Crippen LogP contribution is 2.08. The van der Waals surface area contributed by atoms with Crippen LogP contribution in [0.4, 0.5) is 0 Å². The third kappa shape index (κ3) is 2.60. The first-order valence-electron chi connectivity index (χ1n) is 1.83. The van der Waals surface area contributed by atoms with Crippen LogP contribution in [0.5, 0.6) is 0 Å². The van der Waals surface area contributed by atoms with Gasteiger partial charge in [0.15, 0.2) is 11.3 Å². The highest BCUT2D eigenvalue weighted by atomic mass is 35.5. The molecule has 0 saturated heterocycles. The Bertz CT molecular complexity index is 70.1. The van der Waals surface area contributed by atoms with Crippen LogP contribution in [0.3, 0.4) is 0 Å². The molecule has 0 heterocycles. The summed E-state index contributed by atoms with van der Waals surface area (Å²) in [6, 6.07) is 0. The molecule has 2 nitrogen and oxygen atoms in total. The van der Waals surface area contributed by atoms with Gasteiger partial charge in [-0.25, -0.2) is 0 Å². The molecule has 0 aliphatic carbocycles. The predicted octanol–water partition coefficient (Wildman–Crippen LogP) is 0.787. The van der Waals surface area contributed by atoms with Gasteiger partial charge in [-0.15, -0.1) is 0 Å². The third-order valence-electron chi connectivity index (χ3n) is 0.610. The number of carbonyl (C=O) groups excluding carboxylic acids is 1. The lowest BCUT2D eigenvalue weighted by Gasteiger charge is -2.09. The number of methoxy groups -OCH3 is 1. The summed E-state index contributed by atoms with van der Waals surface area (Å²) in [7, 11) is 1.38. The fraction of sp³-hybridized carbons (Fsp3) is 0.750. The van der Waals surface area contributed by atoms with Crippen LogP contribution in [-0.4, -0.2) is 18.5 Å². The van der Waals surface area contributed by atoms with Crippen LogP contribution in [0.25, 0.3) is 0 Å². The van der Waals surface area contributed by atoms with Gasteiger partial charge in [0, 0.05) is 7.11 Å². The van der Waals surface area contributed by atoms with E-state index in [1.54, 1.807) is 0 Å². The Morgan fingerprint density at radius 2 is 2.29 bits per heavy atom. The number of halogens is 1. The van der Waals surface area contributed by atoms with Crippen molar-refractivity contribution in [2.24, 2.45) is 0 Å². The standard InChI is InChI=1S/C4H7ClO2/c1-4(5,3-6)7-2/h3H,1-2H3. The summed E-state index contributed by atoms with van der Waals surface area (Å²) in [5.41, 5.74) is 0. The van der Waals surface area contributed by atoms with Crippen LogP contribution >= 0.6 is 11.6 Å². The second-order valence-electron chi connectivity index (χ2n) is 1.31. The van der Waals surface area contributed by atoms with Gasteiger partial charge in [0.05, 0.1) is 0 Å². The summed E-state index contributed by atoms with van der Waals surface area (Å²) in [4.78, 5) is 9.80. The van der Waals surface area contributed by atoms with Crippen molar-refractivity contribution in [3.05, 3.63) is 0 Å². The molecule has 3 heteroatoms. The van der Waals surface area contributed by atoms with E-state index in [0.717, 1.165) is 0 Å². The van der Waals surface area contributed by atoms with Gasteiger partial charge in [0.25, 0.3) is 0 Å². The topological polar surface area (TPSA) is 26.3 Å². The van der Waals surface area contributed by atoms with Gasteiger partial charge in [-0.3, -0.25) is 4.79 Å². The molecule has 0 aromatic heterocycles. The second-order valence-corrected chi connectivity index (χ2v) is 2.06. The summed E-state index contributed by atoms with van der Waals surface area (Å²) in [5, 5.41) is -1.12. The average molecular weight is 123 g/mol. The molecule has 0 radical (unpaired) electrons. The molecule has 0 amide bonds. The molecule has 0 spiro atoms. The van der Waals surface area contributed by atoms with Crippen molar-refractivity contribution in [1.29, 1.82) is 0 Å². The average Bonchev–Trinajstić information content (AvgIpc) is 1.68. The van der Waals surface area contributed by atoms with Gasteiger partial charge in [-0.05, 0) is 6.92 Å². The largest absolute Gasteiger partial charge is 0.356 e. The Morgan fingerprint density at radius 3 is 2.29 bits per heavy atom. The Balaban J connectivity index is 3.58. The fourth-order valence-electron chi connectivity index (χ4n) is 0.0481. The van der Waals surface area contributed by atoms with E-state index in [2.05, 4.69) is 4.74 Å². The molecule has 0 bridgehead atoms. The first kappa shape index (κ1) is 6.92. The third-order valence-corrected chi connectivity index (χ3v) is 0.853. The van der Waals surface area contributed by atoms with Gasteiger partial charge in [-0.1, -0.05) is 11.6 Å². The molecule has 0 fully saturated rings. The summed E-state index contributed by atoms with van der Waals surface area (Å²) in [6.07, 6.45) is 0.536. The van der Waals surface area contributed by atoms with Crippen molar-refractivity contribution in [2.75, 3.05) is 7.11 Å². The van der Waals surface area contributed by atoms with Crippen LogP contribution in [0, 0.1) is 0 Å². The molecular formula is C4H7ClO2. The fourth-order valence-corrected chi connectivity index (χ4v) is 0.0481. The monoisotopic (exact) mass is 122 g/mol. The zero-order chi connectivity index (χ0) is 5.91. The molecule has 0 rings (SSSR count). The molecule has 0 aromatic carbocycles. The van der Waals surface area contributed by atoms with E-state index < -0.39 is 5.06 Å². The molecule has 0 aromatic rings. The van der Waals surface area contributed by atoms with E-state index in [4.69, 9.17) is 11.6 Å². The van der Waals surface area contributed by atoms with E-state index in [1.165, 1.54) is 14.0 Å². The molecule has 42 valence electrons. The highest BCUT2D eigenvalue weighted by molar-refractivity contribution is 6.30. The van der Waals surface area contributed by atoms with Crippen LogP contribution in [0.1, 0.15) is 6.92 Å². The number of ether oxygens (including phenoxy) is 1.